The van der Waals surface area contributed by atoms with Crippen LogP contribution in [0, 0.1) is 0 Å². The van der Waals surface area contributed by atoms with Gasteiger partial charge in [0.2, 0.25) is 0 Å². The standard InChI is InChI=1S/C16H17NO4/c1-11(18)21-10-14-6-5-13(16(19)17-14)9-12-3-7-15(20-2)8-4-12/h3-8H,9-10H2,1-2H3,(H,17,19). The SMILES string of the molecule is COc1ccc(Cc2ccc(COC(C)=O)[nH]c2=O)cc1. The molecular weight excluding hydrogens is 270 g/mol. The molecule has 0 saturated carbocycles. The number of H-pyrrole nitrogens is 1. The van der Waals surface area contributed by atoms with Crippen molar-refractivity contribution in [1.82, 2.24) is 4.98 Å². The number of benzene rings is 1. The monoisotopic (exact) mass is 287 g/mol. The minimum Gasteiger partial charge on any atom is -0.497 e. The van der Waals surface area contributed by atoms with Gasteiger partial charge in [-0.15, -0.1) is 0 Å². The highest BCUT2D eigenvalue weighted by molar-refractivity contribution is 5.65. The van der Waals surface area contributed by atoms with Gasteiger partial charge in [-0.3, -0.25) is 9.59 Å². The van der Waals surface area contributed by atoms with E-state index in [1.54, 1.807) is 19.2 Å². The molecule has 1 N–H and O–H groups in total. The van der Waals surface area contributed by atoms with E-state index in [1.165, 1.54) is 6.92 Å². The largest absolute Gasteiger partial charge is 0.497 e. The number of carbonyl (C=O) groups is 1. The Morgan fingerprint density at radius 2 is 1.86 bits per heavy atom. The zero-order valence-electron chi connectivity index (χ0n) is 12.0. The zero-order chi connectivity index (χ0) is 15.2. The van der Waals surface area contributed by atoms with Crippen LogP contribution in [0.2, 0.25) is 0 Å². The van der Waals surface area contributed by atoms with Crippen LogP contribution in [0.25, 0.3) is 0 Å². The van der Waals surface area contributed by atoms with Gasteiger partial charge in [-0.1, -0.05) is 18.2 Å². The molecule has 0 spiro atoms. The van der Waals surface area contributed by atoms with Crippen LogP contribution in [-0.2, 0) is 22.6 Å². The second-order valence-electron chi connectivity index (χ2n) is 4.64. The Balaban J connectivity index is 2.09. The molecule has 0 aliphatic heterocycles. The number of methoxy groups -OCH3 is 1. The van der Waals surface area contributed by atoms with Gasteiger partial charge in [0.15, 0.2) is 0 Å². The summed E-state index contributed by atoms with van der Waals surface area (Å²) in [4.78, 5) is 25.4. The molecule has 21 heavy (non-hydrogen) atoms. The quantitative estimate of drug-likeness (QED) is 0.854. The van der Waals surface area contributed by atoms with Gasteiger partial charge in [0.05, 0.1) is 12.8 Å². The van der Waals surface area contributed by atoms with E-state index in [2.05, 4.69) is 4.98 Å². The van der Waals surface area contributed by atoms with Crippen molar-refractivity contribution in [3.63, 3.8) is 0 Å². The molecule has 5 heteroatoms. The van der Waals surface area contributed by atoms with Crippen molar-refractivity contribution in [3.05, 3.63) is 63.6 Å². The lowest BCUT2D eigenvalue weighted by atomic mass is 10.1. The van der Waals surface area contributed by atoms with E-state index in [4.69, 9.17) is 9.47 Å². The average molecular weight is 287 g/mol. The number of rotatable bonds is 5. The number of aromatic amines is 1. The van der Waals surface area contributed by atoms with Gasteiger partial charge in [-0.2, -0.15) is 0 Å². The minimum atomic E-state index is -0.377. The average Bonchev–Trinajstić information content (AvgIpc) is 2.48. The molecule has 1 aromatic heterocycles. The van der Waals surface area contributed by atoms with Gasteiger partial charge in [-0.25, -0.2) is 0 Å². The topological polar surface area (TPSA) is 68.4 Å². The Kier molecular flexibility index (Phi) is 4.77. The third-order valence-electron chi connectivity index (χ3n) is 3.04. The molecule has 1 aromatic carbocycles. The highest BCUT2D eigenvalue weighted by atomic mass is 16.5. The first-order valence-electron chi connectivity index (χ1n) is 6.56. The van der Waals surface area contributed by atoms with Crippen molar-refractivity contribution >= 4 is 5.97 Å². The molecule has 110 valence electrons. The molecule has 0 aliphatic rings. The van der Waals surface area contributed by atoms with E-state index >= 15 is 0 Å². The van der Waals surface area contributed by atoms with Crippen LogP contribution in [0.3, 0.4) is 0 Å². The number of hydrogen-bond acceptors (Lipinski definition) is 4. The highest BCUT2D eigenvalue weighted by Crippen LogP contribution is 2.13. The molecule has 0 atom stereocenters. The van der Waals surface area contributed by atoms with E-state index in [9.17, 15) is 9.59 Å². The van der Waals surface area contributed by atoms with Crippen LogP contribution in [0.1, 0.15) is 23.7 Å². The Morgan fingerprint density at radius 3 is 2.43 bits per heavy atom. The van der Waals surface area contributed by atoms with Crippen molar-refractivity contribution in [3.8, 4) is 5.75 Å². The molecule has 0 fully saturated rings. The van der Waals surface area contributed by atoms with E-state index in [-0.39, 0.29) is 18.1 Å². The Labute approximate surface area is 122 Å². The van der Waals surface area contributed by atoms with Crippen LogP contribution in [-0.4, -0.2) is 18.1 Å². The van der Waals surface area contributed by atoms with Crippen molar-refractivity contribution in [2.45, 2.75) is 20.0 Å². The van der Waals surface area contributed by atoms with Crippen LogP contribution in [0.5, 0.6) is 5.75 Å². The Hall–Kier alpha value is -2.56. The molecule has 0 aliphatic carbocycles. The van der Waals surface area contributed by atoms with Gasteiger partial charge >= 0.3 is 5.97 Å². The summed E-state index contributed by atoms with van der Waals surface area (Å²) < 4.78 is 9.94. The van der Waals surface area contributed by atoms with Crippen molar-refractivity contribution in [2.75, 3.05) is 7.11 Å². The molecule has 1 heterocycles. The van der Waals surface area contributed by atoms with Crippen LogP contribution >= 0.6 is 0 Å². The summed E-state index contributed by atoms with van der Waals surface area (Å²) in [6.07, 6.45) is 0.535. The maximum absolute atomic E-state index is 12.0. The summed E-state index contributed by atoms with van der Waals surface area (Å²) in [5, 5.41) is 0. The maximum atomic E-state index is 12.0. The maximum Gasteiger partial charge on any atom is 0.303 e. The van der Waals surface area contributed by atoms with Crippen LogP contribution in [0.4, 0.5) is 0 Å². The lowest BCUT2D eigenvalue weighted by Gasteiger charge is -2.05. The van der Waals surface area contributed by atoms with Gasteiger partial charge in [0.1, 0.15) is 12.4 Å². The zero-order valence-corrected chi connectivity index (χ0v) is 12.0. The summed E-state index contributed by atoms with van der Waals surface area (Å²) in [7, 11) is 1.61. The van der Waals surface area contributed by atoms with Crippen molar-refractivity contribution < 1.29 is 14.3 Å². The van der Waals surface area contributed by atoms with Gasteiger partial charge in [0, 0.05) is 18.9 Å². The molecule has 0 unspecified atom stereocenters. The predicted octanol–water partition coefficient (Wildman–Crippen LogP) is 2.04. The van der Waals surface area contributed by atoms with E-state index in [0.717, 1.165) is 11.3 Å². The summed E-state index contributed by atoms with van der Waals surface area (Å²) in [5.74, 6) is 0.405. The molecule has 0 bridgehead atoms. The van der Waals surface area contributed by atoms with E-state index < -0.39 is 0 Å². The first-order chi connectivity index (χ1) is 10.1. The fourth-order valence-corrected chi connectivity index (χ4v) is 1.91. The second-order valence-corrected chi connectivity index (χ2v) is 4.64. The molecule has 2 rings (SSSR count). The van der Waals surface area contributed by atoms with Gasteiger partial charge in [-0.05, 0) is 23.8 Å². The van der Waals surface area contributed by atoms with E-state index in [0.29, 0.717) is 17.7 Å². The number of esters is 1. The normalized spacial score (nSPS) is 10.2. The highest BCUT2D eigenvalue weighted by Gasteiger charge is 2.04. The van der Waals surface area contributed by atoms with Crippen LogP contribution < -0.4 is 10.3 Å². The molecule has 2 aromatic rings. The molecule has 5 nitrogen and oxygen atoms in total. The predicted molar refractivity (Wildman–Crippen MR) is 78.3 cm³/mol. The summed E-state index contributed by atoms with van der Waals surface area (Å²) in [5.41, 5.74) is 2.09. The molecule has 0 radical (unpaired) electrons. The fraction of sp³-hybridized carbons (Fsp3) is 0.250. The van der Waals surface area contributed by atoms with Gasteiger partial charge in [0.25, 0.3) is 5.56 Å². The number of aromatic nitrogens is 1. The number of hydrogen-bond donors (Lipinski definition) is 1. The third kappa shape index (κ3) is 4.21. The third-order valence-corrected chi connectivity index (χ3v) is 3.04. The van der Waals surface area contributed by atoms with Crippen LogP contribution in [0.15, 0.2) is 41.2 Å². The van der Waals surface area contributed by atoms with Crippen molar-refractivity contribution in [1.29, 1.82) is 0 Å². The van der Waals surface area contributed by atoms with Crippen molar-refractivity contribution in [2.24, 2.45) is 0 Å². The fourth-order valence-electron chi connectivity index (χ4n) is 1.91. The molecule has 0 amide bonds. The van der Waals surface area contributed by atoms with E-state index in [1.807, 2.05) is 24.3 Å². The Bertz CT molecular complexity index is 673. The summed E-state index contributed by atoms with van der Waals surface area (Å²) in [6, 6.07) is 11.1. The first kappa shape index (κ1) is 14.8. The number of ether oxygens (including phenoxy) is 2. The first-order valence-corrected chi connectivity index (χ1v) is 6.56. The lowest BCUT2D eigenvalue weighted by Crippen LogP contribution is -2.15. The molecule has 0 saturated heterocycles. The number of carbonyl (C=O) groups excluding carboxylic acids is 1. The summed E-state index contributed by atoms with van der Waals surface area (Å²) in [6.45, 7) is 1.41. The number of pyridine rings is 1. The Morgan fingerprint density at radius 1 is 1.14 bits per heavy atom. The molecular formula is C16H17NO4. The second kappa shape index (κ2) is 6.74. The number of nitrogens with one attached hydrogen (secondary N) is 1. The van der Waals surface area contributed by atoms with Gasteiger partial charge < -0.3 is 14.5 Å². The smallest absolute Gasteiger partial charge is 0.303 e. The minimum absolute atomic E-state index is 0.0768. The lowest BCUT2D eigenvalue weighted by molar-refractivity contribution is -0.142. The summed E-state index contributed by atoms with van der Waals surface area (Å²) >= 11 is 0.